The van der Waals surface area contributed by atoms with Gasteiger partial charge in [0.25, 0.3) is 0 Å². The van der Waals surface area contributed by atoms with Gasteiger partial charge in [0, 0.05) is 22.3 Å². The minimum Gasteiger partial charge on any atom is -0.400 e. The summed E-state index contributed by atoms with van der Waals surface area (Å²) in [6.45, 7) is 0.987. The maximum Gasteiger partial charge on any atom is 0.573 e. The molecule has 7 nitrogen and oxygen atoms in total. The van der Waals surface area contributed by atoms with E-state index in [2.05, 4.69) is 9.72 Å². The summed E-state index contributed by atoms with van der Waals surface area (Å²) in [5.74, 6) is -2.17. The summed E-state index contributed by atoms with van der Waals surface area (Å²) in [6, 6.07) is 0.632. The van der Waals surface area contributed by atoms with Gasteiger partial charge in [0.05, 0.1) is 0 Å². The lowest BCUT2D eigenvalue weighted by Crippen LogP contribution is -2.20. The van der Waals surface area contributed by atoms with Gasteiger partial charge in [-0.05, 0) is 16.8 Å². The highest BCUT2D eigenvalue weighted by atomic mass is 35.7. The van der Waals surface area contributed by atoms with Gasteiger partial charge in [-0.15, -0.1) is 13.2 Å². The van der Waals surface area contributed by atoms with Crippen molar-refractivity contribution in [3.63, 3.8) is 0 Å². The summed E-state index contributed by atoms with van der Waals surface area (Å²) in [5.41, 5.74) is -0.446. The van der Waals surface area contributed by atoms with Crippen LogP contribution in [0.3, 0.4) is 0 Å². The molecular formula is C7H4ClF3N2O5S. The van der Waals surface area contributed by atoms with Gasteiger partial charge >= 0.3 is 26.3 Å². The molecular weight excluding hydrogens is 317 g/mol. The van der Waals surface area contributed by atoms with Crippen molar-refractivity contribution < 1.29 is 31.2 Å². The van der Waals surface area contributed by atoms with Crippen LogP contribution in [0.15, 0.2) is 11.1 Å². The number of aromatic nitrogens is 1. The second kappa shape index (κ2) is 4.81. The highest BCUT2D eigenvalue weighted by molar-refractivity contribution is 8.13. The van der Waals surface area contributed by atoms with Gasteiger partial charge in [0.1, 0.15) is 0 Å². The summed E-state index contributed by atoms with van der Waals surface area (Å²) in [6.07, 6.45) is -5.20. The molecule has 106 valence electrons. The van der Waals surface area contributed by atoms with Crippen molar-refractivity contribution in [2.24, 2.45) is 0 Å². The second-order valence-electron chi connectivity index (χ2n) is 3.17. The number of rotatable bonds is 3. The molecule has 0 aromatic carbocycles. The summed E-state index contributed by atoms with van der Waals surface area (Å²) in [7, 11) is 0.128. The Balaban J connectivity index is 3.58. The summed E-state index contributed by atoms with van der Waals surface area (Å²) < 4.78 is 62.1. The SMILES string of the molecule is Cc1cc([N+](=O)[O-])nc(S(=O)(=O)Cl)c1OC(F)(F)F. The number of aryl methyl sites for hydroxylation is 1. The minimum absolute atomic E-state index is 0.446. The fraction of sp³-hybridized carbons (Fsp3) is 0.286. The third-order valence-corrected chi connectivity index (χ3v) is 2.93. The molecule has 0 aliphatic carbocycles. The third kappa shape index (κ3) is 3.92. The van der Waals surface area contributed by atoms with Crippen molar-refractivity contribution >= 4 is 25.6 Å². The molecule has 1 aromatic heterocycles. The summed E-state index contributed by atoms with van der Waals surface area (Å²) in [5, 5.41) is 9.11. The van der Waals surface area contributed by atoms with Crippen LogP contribution in [-0.4, -0.2) is 24.7 Å². The first-order valence-electron chi connectivity index (χ1n) is 4.28. The average Bonchev–Trinajstić information content (AvgIpc) is 2.16. The average molecular weight is 321 g/mol. The van der Waals surface area contributed by atoms with Crippen LogP contribution in [0.1, 0.15) is 5.56 Å². The number of nitro groups is 1. The van der Waals surface area contributed by atoms with Gasteiger partial charge in [0.2, 0.25) is 0 Å². The molecule has 0 spiro atoms. The molecule has 0 unspecified atom stereocenters. The zero-order valence-corrected chi connectivity index (χ0v) is 10.5. The molecule has 0 bridgehead atoms. The molecule has 0 atom stereocenters. The third-order valence-electron chi connectivity index (χ3n) is 1.75. The molecule has 0 saturated heterocycles. The Kier molecular flexibility index (Phi) is 3.91. The van der Waals surface area contributed by atoms with Crippen molar-refractivity contribution in [3.05, 3.63) is 21.7 Å². The normalized spacial score (nSPS) is 12.3. The van der Waals surface area contributed by atoms with E-state index in [1.807, 2.05) is 0 Å². The van der Waals surface area contributed by atoms with E-state index in [4.69, 9.17) is 10.7 Å². The van der Waals surface area contributed by atoms with Crippen LogP contribution in [-0.2, 0) is 9.05 Å². The standard InChI is InChI=1S/C7H4ClF3N2O5S/c1-3-2-4(13(14)15)12-6(19(8,16)17)5(3)18-7(9,10)11/h2H,1H3. The fourth-order valence-electron chi connectivity index (χ4n) is 1.11. The fourth-order valence-corrected chi connectivity index (χ4v) is 2.05. The Labute approximate surface area is 108 Å². The number of alkyl halides is 3. The van der Waals surface area contributed by atoms with E-state index in [9.17, 15) is 31.7 Å². The van der Waals surface area contributed by atoms with Crippen molar-refractivity contribution in [3.8, 4) is 5.75 Å². The first-order chi connectivity index (χ1) is 8.42. The lowest BCUT2D eigenvalue weighted by atomic mass is 10.3. The van der Waals surface area contributed by atoms with Gasteiger partial charge in [-0.1, -0.05) is 0 Å². The van der Waals surface area contributed by atoms with Crippen molar-refractivity contribution in [1.29, 1.82) is 0 Å². The molecule has 0 radical (unpaired) electrons. The number of pyridine rings is 1. The first kappa shape index (κ1) is 15.4. The molecule has 12 heteroatoms. The smallest absolute Gasteiger partial charge is 0.400 e. The van der Waals surface area contributed by atoms with Crippen molar-refractivity contribution in [1.82, 2.24) is 4.98 Å². The van der Waals surface area contributed by atoms with Gasteiger partial charge in [-0.25, -0.2) is 8.42 Å². The van der Waals surface area contributed by atoms with E-state index in [-0.39, 0.29) is 0 Å². The topological polar surface area (TPSA) is 99.4 Å². The van der Waals surface area contributed by atoms with E-state index < -0.39 is 42.5 Å². The Bertz CT molecular complexity index is 630. The molecule has 0 fully saturated rings. The maximum absolute atomic E-state index is 12.1. The molecule has 0 saturated carbocycles. The molecule has 19 heavy (non-hydrogen) atoms. The Hall–Kier alpha value is -1.62. The Morgan fingerprint density at radius 3 is 2.37 bits per heavy atom. The first-order valence-corrected chi connectivity index (χ1v) is 6.59. The van der Waals surface area contributed by atoms with Crippen LogP contribution in [0.25, 0.3) is 0 Å². The lowest BCUT2D eigenvalue weighted by molar-refractivity contribution is -0.390. The van der Waals surface area contributed by atoms with E-state index in [1.165, 1.54) is 0 Å². The second-order valence-corrected chi connectivity index (χ2v) is 5.66. The van der Waals surface area contributed by atoms with Gasteiger partial charge < -0.3 is 14.9 Å². The van der Waals surface area contributed by atoms with Crippen LogP contribution in [0.2, 0.25) is 0 Å². The van der Waals surface area contributed by atoms with Crippen LogP contribution in [0.5, 0.6) is 5.75 Å². The number of hydrogen-bond donors (Lipinski definition) is 0. The molecule has 0 aliphatic rings. The van der Waals surface area contributed by atoms with Gasteiger partial charge in [-0.2, -0.15) is 0 Å². The lowest BCUT2D eigenvalue weighted by Gasteiger charge is -2.11. The van der Waals surface area contributed by atoms with Crippen molar-refractivity contribution in [2.75, 3.05) is 0 Å². The molecule has 1 rings (SSSR count). The van der Waals surface area contributed by atoms with Crippen LogP contribution in [0.4, 0.5) is 19.0 Å². The highest BCUT2D eigenvalue weighted by Crippen LogP contribution is 2.35. The molecule has 0 aliphatic heterocycles. The number of nitrogens with zero attached hydrogens (tertiary/aromatic N) is 2. The summed E-state index contributed by atoms with van der Waals surface area (Å²) >= 11 is 0. The molecule has 0 amide bonds. The quantitative estimate of drug-likeness (QED) is 0.480. The maximum atomic E-state index is 12.1. The number of hydrogen-bond acceptors (Lipinski definition) is 6. The predicted octanol–water partition coefficient (Wildman–Crippen LogP) is 2.12. The Morgan fingerprint density at radius 2 is 2.00 bits per heavy atom. The molecule has 1 heterocycles. The monoisotopic (exact) mass is 320 g/mol. The Morgan fingerprint density at radius 1 is 1.47 bits per heavy atom. The van der Waals surface area contributed by atoms with E-state index in [0.717, 1.165) is 6.92 Å². The van der Waals surface area contributed by atoms with Crippen molar-refractivity contribution in [2.45, 2.75) is 18.3 Å². The summed E-state index contributed by atoms with van der Waals surface area (Å²) in [4.78, 5) is 12.3. The number of halogens is 4. The van der Waals surface area contributed by atoms with E-state index >= 15 is 0 Å². The molecule has 1 aromatic rings. The minimum atomic E-state index is -5.20. The largest absolute Gasteiger partial charge is 0.573 e. The zero-order valence-electron chi connectivity index (χ0n) is 8.93. The predicted molar refractivity (Wildman–Crippen MR) is 55.4 cm³/mol. The van der Waals surface area contributed by atoms with Crippen LogP contribution >= 0.6 is 10.7 Å². The number of ether oxygens (including phenoxy) is 1. The van der Waals surface area contributed by atoms with E-state index in [1.54, 1.807) is 0 Å². The molecule has 0 N–H and O–H groups in total. The van der Waals surface area contributed by atoms with E-state index in [0.29, 0.717) is 6.07 Å². The van der Waals surface area contributed by atoms with Gasteiger partial charge in [-0.3, -0.25) is 0 Å². The zero-order chi connectivity index (χ0) is 15.0. The van der Waals surface area contributed by atoms with Crippen LogP contribution in [0, 0.1) is 17.0 Å². The van der Waals surface area contributed by atoms with Crippen LogP contribution < -0.4 is 4.74 Å². The highest BCUT2D eigenvalue weighted by Gasteiger charge is 2.38. The van der Waals surface area contributed by atoms with Gasteiger partial charge in [0.15, 0.2) is 5.75 Å².